The summed E-state index contributed by atoms with van der Waals surface area (Å²) in [5, 5.41) is 5.42. The van der Waals surface area contributed by atoms with Gasteiger partial charge in [-0.05, 0) is 104 Å². The highest BCUT2D eigenvalue weighted by atomic mass is 16.5. The fraction of sp³-hybridized carbons (Fsp3) is 0.634. The lowest BCUT2D eigenvalue weighted by molar-refractivity contribution is -0.155. The lowest BCUT2D eigenvalue weighted by Gasteiger charge is -2.54. The average molecular weight is 651 g/mol. The van der Waals surface area contributed by atoms with Crippen LogP contribution in [0.3, 0.4) is 0 Å². The van der Waals surface area contributed by atoms with Crippen LogP contribution in [-0.2, 0) is 16.0 Å². The van der Waals surface area contributed by atoms with Gasteiger partial charge in [-0.25, -0.2) is 0 Å². The highest BCUT2D eigenvalue weighted by Crippen LogP contribution is 2.56. The molecular weight excluding hydrogens is 596 g/mol. The van der Waals surface area contributed by atoms with Gasteiger partial charge in [0.1, 0.15) is 5.75 Å². The van der Waals surface area contributed by atoms with Crippen LogP contribution in [0.25, 0.3) is 10.9 Å². The number of carbonyl (C=O) groups excluding carboxylic acids is 1. The predicted molar refractivity (Wildman–Crippen MR) is 191 cm³/mol. The van der Waals surface area contributed by atoms with Gasteiger partial charge in [0.25, 0.3) is 0 Å². The third kappa shape index (κ3) is 4.55. The van der Waals surface area contributed by atoms with E-state index in [0.29, 0.717) is 29.8 Å². The maximum Gasteiger partial charge on any atom is 0.310 e. The number of nitrogens with one attached hydrogen (secondary N) is 2. The molecule has 3 aromatic rings. The summed E-state index contributed by atoms with van der Waals surface area (Å²) in [6.45, 7) is 8.23. The molecular formula is C41H54N4O3. The molecule has 1 saturated carbocycles. The first-order chi connectivity index (χ1) is 23.4. The number of hydrogen-bond acceptors (Lipinski definition) is 6. The lowest BCUT2D eigenvalue weighted by atomic mass is 9.63. The topological polar surface area (TPSA) is 69.8 Å². The number of methoxy groups -OCH3 is 2. The highest BCUT2D eigenvalue weighted by Gasteiger charge is 2.54. The molecule has 0 spiro atoms. The van der Waals surface area contributed by atoms with Gasteiger partial charge in [0.2, 0.25) is 0 Å². The van der Waals surface area contributed by atoms with Gasteiger partial charge in [-0.2, -0.15) is 0 Å². The smallest absolute Gasteiger partial charge is 0.310 e. The van der Waals surface area contributed by atoms with E-state index in [-0.39, 0.29) is 29.8 Å². The van der Waals surface area contributed by atoms with E-state index >= 15 is 0 Å². The Labute approximate surface area is 286 Å². The molecule has 2 aromatic carbocycles. The molecule has 7 heteroatoms. The van der Waals surface area contributed by atoms with Gasteiger partial charge in [0.15, 0.2) is 0 Å². The van der Waals surface area contributed by atoms with Crippen molar-refractivity contribution in [3.63, 3.8) is 0 Å². The minimum absolute atomic E-state index is 0.0464. The fourth-order valence-electron chi connectivity index (χ4n) is 12.3. The number of anilines is 1. The molecule has 5 aliphatic heterocycles. The Morgan fingerprint density at radius 1 is 1.00 bits per heavy atom. The monoisotopic (exact) mass is 650 g/mol. The largest absolute Gasteiger partial charge is 0.495 e. The van der Waals surface area contributed by atoms with Crippen molar-refractivity contribution in [2.75, 3.05) is 46.2 Å². The van der Waals surface area contributed by atoms with Crippen molar-refractivity contribution in [1.29, 1.82) is 0 Å². The van der Waals surface area contributed by atoms with E-state index in [2.05, 4.69) is 77.4 Å². The number of piperidine rings is 3. The number of likely N-dealkylation sites (tertiary alicyclic amines) is 1. The summed E-state index contributed by atoms with van der Waals surface area (Å²) in [7, 11) is 5.64. The molecule has 5 fully saturated rings. The minimum atomic E-state index is -0.150. The van der Waals surface area contributed by atoms with Crippen molar-refractivity contribution in [2.24, 2.45) is 35.5 Å². The number of esters is 1. The maximum absolute atomic E-state index is 13.8. The first-order valence-electron chi connectivity index (χ1n) is 19.0. The SMILES string of the molecule is CC[C@@H]1CN(C)[C@H]2Cc3c([nH]c4ccccc34)[C@@H](c3cc(OC)c4c(c3)[C@@H]3CCN5C[C@H]6C[C@H](CC)[C@@H]5[C@H](C6)[C@@H]3N4)C[C@@H]1[C@H]2C(=O)OC. The Morgan fingerprint density at radius 2 is 1.83 bits per heavy atom. The summed E-state index contributed by atoms with van der Waals surface area (Å²) in [6.07, 6.45) is 8.10. The molecule has 2 N–H and O–H groups in total. The number of carbonyl (C=O) groups is 1. The molecule has 7 aliphatic rings. The van der Waals surface area contributed by atoms with Gasteiger partial charge in [-0.1, -0.05) is 51.0 Å². The van der Waals surface area contributed by atoms with Crippen LogP contribution in [0.4, 0.5) is 5.69 Å². The quantitative estimate of drug-likeness (QED) is 0.290. The number of likely N-dealkylation sites (N-methyl/N-ethyl adjacent to an activating group) is 1. The molecule has 6 bridgehead atoms. The number of rotatable bonds is 5. The molecule has 48 heavy (non-hydrogen) atoms. The zero-order valence-corrected chi connectivity index (χ0v) is 29.5. The number of para-hydroxylation sites is 1. The van der Waals surface area contributed by atoms with Crippen LogP contribution in [0.2, 0.25) is 0 Å². The molecule has 1 unspecified atom stereocenters. The zero-order valence-electron chi connectivity index (χ0n) is 29.5. The van der Waals surface area contributed by atoms with Crippen LogP contribution in [0, 0.1) is 35.5 Å². The van der Waals surface area contributed by atoms with E-state index in [1.165, 1.54) is 77.7 Å². The van der Waals surface area contributed by atoms with Crippen LogP contribution in [0.15, 0.2) is 36.4 Å². The molecule has 0 radical (unpaired) electrons. The molecule has 256 valence electrons. The standard InChI is InChI=1S/C41H54N4O3/c1-6-23-14-22-15-32-37-27(12-13-45(20-22)40(23)32)30-16-25(17-35(47-4)39(30)43-37)29-18-28-24(7-2)21-44(3)34(36(28)41(46)48-5)19-31-26-10-8-9-11-33(26)42-38(29)31/h8-11,16-17,22-24,27-29,32,34,36-37,40,42-43H,6-7,12-15,18-21H2,1-5H3/t22-,23-,24+,27-,28-,29+,32+,34-,36+,37+,40+/m0/s1. The summed E-state index contributed by atoms with van der Waals surface area (Å²) in [5.74, 6) is 4.45. The fourth-order valence-corrected chi connectivity index (χ4v) is 12.3. The third-order valence-electron chi connectivity index (χ3n) is 14.4. The van der Waals surface area contributed by atoms with Crippen molar-refractivity contribution in [1.82, 2.24) is 14.8 Å². The number of hydrogen-bond donors (Lipinski definition) is 2. The summed E-state index contributed by atoms with van der Waals surface area (Å²) in [5.41, 5.74) is 7.91. The molecule has 10 rings (SSSR count). The summed E-state index contributed by atoms with van der Waals surface area (Å²) < 4.78 is 11.9. The second-order valence-corrected chi connectivity index (χ2v) is 16.4. The summed E-state index contributed by atoms with van der Waals surface area (Å²) in [4.78, 5) is 23.1. The van der Waals surface area contributed by atoms with Gasteiger partial charge in [0, 0.05) is 59.6 Å². The van der Waals surface area contributed by atoms with Crippen molar-refractivity contribution >= 4 is 22.6 Å². The van der Waals surface area contributed by atoms with E-state index < -0.39 is 0 Å². The Hall–Kier alpha value is -3.03. The Bertz CT molecular complexity index is 1720. The summed E-state index contributed by atoms with van der Waals surface area (Å²) in [6, 6.07) is 15.0. The molecule has 7 nitrogen and oxygen atoms in total. The second kappa shape index (κ2) is 11.8. The van der Waals surface area contributed by atoms with E-state index in [9.17, 15) is 4.79 Å². The number of fused-ring (bicyclic) bond motifs is 9. The van der Waals surface area contributed by atoms with Crippen LogP contribution in [-0.4, -0.2) is 79.8 Å². The van der Waals surface area contributed by atoms with Gasteiger partial charge in [0.05, 0.1) is 25.8 Å². The second-order valence-electron chi connectivity index (χ2n) is 16.4. The Balaban J connectivity index is 1.18. The molecule has 1 aromatic heterocycles. The van der Waals surface area contributed by atoms with Gasteiger partial charge in [-0.3, -0.25) is 9.69 Å². The van der Waals surface area contributed by atoms with Gasteiger partial charge < -0.3 is 24.7 Å². The van der Waals surface area contributed by atoms with Crippen molar-refractivity contribution in [3.05, 3.63) is 58.8 Å². The number of nitrogens with zero attached hydrogens (tertiary/aromatic N) is 2. The van der Waals surface area contributed by atoms with Crippen LogP contribution in [0.5, 0.6) is 5.75 Å². The van der Waals surface area contributed by atoms with Gasteiger partial charge >= 0.3 is 5.97 Å². The van der Waals surface area contributed by atoms with E-state index in [4.69, 9.17) is 9.47 Å². The van der Waals surface area contributed by atoms with Crippen molar-refractivity contribution < 1.29 is 14.3 Å². The zero-order chi connectivity index (χ0) is 32.8. The maximum atomic E-state index is 13.8. The van der Waals surface area contributed by atoms with Gasteiger partial charge in [-0.15, -0.1) is 0 Å². The normalized spacial score (nSPS) is 38.2. The molecule has 4 saturated heterocycles. The van der Waals surface area contributed by atoms with E-state index in [0.717, 1.165) is 43.4 Å². The average Bonchev–Trinajstić information content (AvgIpc) is 3.63. The first kappa shape index (κ1) is 31.0. The molecule has 0 amide bonds. The third-order valence-corrected chi connectivity index (χ3v) is 14.4. The minimum Gasteiger partial charge on any atom is -0.495 e. The van der Waals surface area contributed by atoms with Crippen molar-refractivity contribution in [2.45, 2.75) is 88.8 Å². The number of aromatic nitrogens is 1. The summed E-state index contributed by atoms with van der Waals surface area (Å²) >= 11 is 0. The Morgan fingerprint density at radius 3 is 2.62 bits per heavy atom. The molecule has 6 heterocycles. The van der Waals surface area contributed by atoms with E-state index in [1.807, 2.05) is 7.11 Å². The van der Waals surface area contributed by atoms with Crippen molar-refractivity contribution in [3.8, 4) is 5.75 Å². The predicted octanol–water partition coefficient (Wildman–Crippen LogP) is 7.02. The number of H-pyrrole nitrogens is 1. The first-order valence-corrected chi connectivity index (χ1v) is 19.0. The number of aromatic amines is 1. The molecule has 12 atom stereocenters. The number of ether oxygens (including phenoxy) is 2. The van der Waals surface area contributed by atoms with Crippen LogP contribution < -0.4 is 10.1 Å². The molecule has 2 aliphatic carbocycles. The van der Waals surface area contributed by atoms with Crippen LogP contribution in [0.1, 0.15) is 86.6 Å². The number of benzene rings is 2. The lowest BCUT2D eigenvalue weighted by Crippen LogP contribution is -2.59. The Kier molecular flexibility index (Phi) is 7.61. The van der Waals surface area contributed by atoms with E-state index in [1.54, 1.807) is 7.11 Å². The van der Waals surface area contributed by atoms with Crippen LogP contribution >= 0.6 is 0 Å². The highest BCUT2D eigenvalue weighted by molar-refractivity contribution is 5.86.